The number of rotatable bonds is 3. The summed E-state index contributed by atoms with van der Waals surface area (Å²) in [6.07, 6.45) is 4.00. The number of nitrogens with two attached hydrogens (primary N) is 1. The summed E-state index contributed by atoms with van der Waals surface area (Å²) in [6.45, 7) is 0. The maximum atomic E-state index is 13.6. The normalized spacial score (nSPS) is 14.3. The van der Waals surface area contributed by atoms with Crippen molar-refractivity contribution in [2.24, 2.45) is 0 Å². The van der Waals surface area contributed by atoms with E-state index in [9.17, 15) is 9.18 Å². The fourth-order valence-corrected chi connectivity index (χ4v) is 2.54. The number of anilines is 2. The van der Waals surface area contributed by atoms with E-state index in [-0.39, 0.29) is 11.6 Å². The molecule has 1 heterocycles. The molecular formula is C14H13BrFN3O. The van der Waals surface area contributed by atoms with Crippen LogP contribution in [0.25, 0.3) is 0 Å². The molecule has 1 fully saturated rings. The molecule has 6 heteroatoms. The van der Waals surface area contributed by atoms with Gasteiger partial charge in [-0.25, -0.2) is 4.39 Å². The number of aromatic nitrogens is 1. The number of carbonyl (C=O) groups is 1. The molecule has 3 N–H and O–H groups in total. The molecule has 0 radical (unpaired) electrons. The van der Waals surface area contributed by atoms with Gasteiger partial charge in [0, 0.05) is 22.4 Å². The zero-order valence-electron chi connectivity index (χ0n) is 10.6. The average molecular weight is 338 g/mol. The van der Waals surface area contributed by atoms with Crippen molar-refractivity contribution in [1.82, 2.24) is 4.57 Å². The Bertz CT molecular complexity index is 679. The van der Waals surface area contributed by atoms with Gasteiger partial charge < -0.3 is 15.6 Å². The van der Waals surface area contributed by atoms with Crippen LogP contribution in [0.5, 0.6) is 0 Å². The molecule has 1 aromatic heterocycles. The van der Waals surface area contributed by atoms with Crippen molar-refractivity contribution in [2.45, 2.75) is 18.9 Å². The minimum Gasteiger partial charge on any atom is -0.399 e. The number of halogens is 2. The summed E-state index contributed by atoms with van der Waals surface area (Å²) in [4.78, 5) is 12.3. The van der Waals surface area contributed by atoms with Crippen molar-refractivity contribution in [3.63, 3.8) is 0 Å². The second kappa shape index (κ2) is 4.94. The maximum absolute atomic E-state index is 13.6. The van der Waals surface area contributed by atoms with Crippen LogP contribution < -0.4 is 11.1 Å². The lowest BCUT2D eigenvalue weighted by Crippen LogP contribution is -2.17. The highest BCUT2D eigenvalue weighted by Crippen LogP contribution is 2.37. The van der Waals surface area contributed by atoms with E-state index in [0.29, 0.717) is 17.4 Å². The van der Waals surface area contributed by atoms with E-state index >= 15 is 0 Å². The van der Waals surface area contributed by atoms with Crippen LogP contribution in [0, 0.1) is 5.82 Å². The maximum Gasteiger partial charge on any atom is 0.272 e. The lowest BCUT2D eigenvalue weighted by atomic mass is 10.2. The van der Waals surface area contributed by atoms with Crippen LogP contribution in [0.1, 0.15) is 29.4 Å². The molecule has 104 valence electrons. The van der Waals surface area contributed by atoms with E-state index in [2.05, 4.69) is 21.2 Å². The minimum atomic E-state index is -0.504. The van der Waals surface area contributed by atoms with Crippen molar-refractivity contribution < 1.29 is 9.18 Å². The highest BCUT2D eigenvalue weighted by molar-refractivity contribution is 9.10. The zero-order chi connectivity index (χ0) is 14.3. The third-order valence-corrected chi connectivity index (χ3v) is 3.66. The van der Waals surface area contributed by atoms with E-state index < -0.39 is 5.82 Å². The smallest absolute Gasteiger partial charge is 0.272 e. The summed E-state index contributed by atoms with van der Waals surface area (Å²) < 4.78 is 16.4. The molecule has 0 spiro atoms. The molecule has 0 bridgehead atoms. The van der Waals surface area contributed by atoms with Gasteiger partial charge in [-0.1, -0.05) is 0 Å². The number of amides is 1. The number of nitrogens with one attached hydrogen (secondary N) is 1. The molecule has 1 saturated carbocycles. The lowest BCUT2D eigenvalue weighted by Gasteiger charge is -2.09. The molecule has 1 aliphatic carbocycles. The first-order chi connectivity index (χ1) is 9.54. The molecular weight excluding hydrogens is 325 g/mol. The lowest BCUT2D eigenvalue weighted by molar-refractivity contribution is 0.101. The van der Waals surface area contributed by atoms with Crippen LogP contribution in [0.15, 0.2) is 34.9 Å². The number of nitrogen functional groups attached to an aromatic ring is 1. The predicted molar refractivity (Wildman–Crippen MR) is 79.2 cm³/mol. The monoisotopic (exact) mass is 337 g/mol. The number of benzene rings is 1. The van der Waals surface area contributed by atoms with Crippen LogP contribution in [-0.2, 0) is 0 Å². The van der Waals surface area contributed by atoms with Gasteiger partial charge in [0.05, 0.1) is 5.69 Å². The molecule has 1 aromatic carbocycles. The van der Waals surface area contributed by atoms with Gasteiger partial charge in [0.2, 0.25) is 0 Å². The Morgan fingerprint density at radius 1 is 1.40 bits per heavy atom. The molecule has 20 heavy (non-hydrogen) atoms. The minimum absolute atomic E-state index is 0.0923. The Hall–Kier alpha value is -1.82. The Kier molecular flexibility index (Phi) is 3.25. The Labute approximate surface area is 123 Å². The van der Waals surface area contributed by atoms with Crippen molar-refractivity contribution in [3.8, 4) is 0 Å². The van der Waals surface area contributed by atoms with Gasteiger partial charge >= 0.3 is 0 Å². The highest BCUT2D eigenvalue weighted by atomic mass is 79.9. The van der Waals surface area contributed by atoms with Gasteiger partial charge in [-0.3, -0.25) is 4.79 Å². The van der Waals surface area contributed by atoms with Crippen LogP contribution in [0.3, 0.4) is 0 Å². The molecule has 0 unspecified atom stereocenters. The number of hydrogen-bond donors (Lipinski definition) is 2. The van der Waals surface area contributed by atoms with Crippen LogP contribution in [0.2, 0.25) is 0 Å². The number of carbonyl (C=O) groups excluding carboxylic acids is 1. The molecule has 1 aliphatic rings. The van der Waals surface area contributed by atoms with Crippen molar-refractivity contribution >= 4 is 33.2 Å². The van der Waals surface area contributed by atoms with Crippen LogP contribution in [0.4, 0.5) is 15.8 Å². The second-order valence-corrected chi connectivity index (χ2v) is 5.79. The first-order valence-corrected chi connectivity index (χ1v) is 7.07. The van der Waals surface area contributed by atoms with E-state index in [4.69, 9.17) is 5.73 Å². The Balaban J connectivity index is 1.87. The van der Waals surface area contributed by atoms with Crippen molar-refractivity contribution in [1.29, 1.82) is 0 Å². The van der Waals surface area contributed by atoms with Gasteiger partial charge in [0.15, 0.2) is 0 Å². The van der Waals surface area contributed by atoms with Crippen molar-refractivity contribution in [3.05, 3.63) is 46.4 Å². The quantitative estimate of drug-likeness (QED) is 0.841. The topological polar surface area (TPSA) is 60.0 Å². The third kappa shape index (κ3) is 2.56. The van der Waals surface area contributed by atoms with Gasteiger partial charge in [-0.2, -0.15) is 0 Å². The summed E-state index contributed by atoms with van der Waals surface area (Å²) in [6, 6.07) is 6.20. The second-order valence-electron chi connectivity index (χ2n) is 4.88. The van der Waals surface area contributed by atoms with Gasteiger partial charge in [-0.15, -0.1) is 0 Å². The average Bonchev–Trinajstić information content (AvgIpc) is 3.17. The largest absolute Gasteiger partial charge is 0.399 e. The zero-order valence-corrected chi connectivity index (χ0v) is 12.2. The molecule has 1 amide bonds. The fourth-order valence-electron chi connectivity index (χ4n) is 2.11. The van der Waals surface area contributed by atoms with Gasteiger partial charge in [-0.05, 0) is 53.0 Å². The number of hydrogen-bond acceptors (Lipinski definition) is 2. The first-order valence-electron chi connectivity index (χ1n) is 6.28. The summed E-state index contributed by atoms with van der Waals surface area (Å²) >= 11 is 3.36. The first kappa shape index (κ1) is 13.2. The Morgan fingerprint density at radius 2 is 2.15 bits per heavy atom. The summed E-state index contributed by atoms with van der Waals surface area (Å²) in [7, 11) is 0. The van der Waals surface area contributed by atoms with Gasteiger partial charge in [0.25, 0.3) is 5.91 Å². The third-order valence-electron chi connectivity index (χ3n) is 3.23. The van der Waals surface area contributed by atoms with Crippen molar-refractivity contribution in [2.75, 3.05) is 11.1 Å². The molecule has 3 rings (SSSR count). The Morgan fingerprint density at radius 3 is 2.85 bits per heavy atom. The van der Waals surface area contributed by atoms with Gasteiger partial charge in [0.1, 0.15) is 11.5 Å². The van der Waals surface area contributed by atoms with Crippen LogP contribution >= 0.6 is 15.9 Å². The SMILES string of the molecule is Nc1ccc(F)c(NC(=O)c2cc(Br)cn2C2CC2)c1. The molecule has 2 aromatic rings. The summed E-state index contributed by atoms with van der Waals surface area (Å²) in [5.74, 6) is -0.844. The number of nitrogens with zero attached hydrogens (tertiary/aromatic N) is 1. The molecule has 4 nitrogen and oxygen atoms in total. The van der Waals surface area contributed by atoms with Crippen LogP contribution in [-0.4, -0.2) is 10.5 Å². The molecule has 0 atom stereocenters. The molecule has 0 aliphatic heterocycles. The van der Waals surface area contributed by atoms with E-state index in [1.54, 1.807) is 6.07 Å². The predicted octanol–water partition coefficient (Wildman–Crippen LogP) is 3.56. The molecule has 0 saturated heterocycles. The van der Waals surface area contributed by atoms with E-state index in [0.717, 1.165) is 17.3 Å². The summed E-state index contributed by atoms with van der Waals surface area (Å²) in [5.41, 5.74) is 6.61. The fraction of sp³-hybridized carbons (Fsp3) is 0.214. The highest BCUT2D eigenvalue weighted by Gasteiger charge is 2.28. The standard InChI is InChI=1S/C14H13BrFN3O/c15-8-5-13(19(7-8)10-2-3-10)14(20)18-12-6-9(17)1-4-11(12)16/h1,4-7,10H,2-3,17H2,(H,18,20). The van der Waals surface area contributed by atoms with E-state index in [1.807, 2.05) is 10.8 Å². The summed E-state index contributed by atoms with van der Waals surface area (Å²) in [5, 5.41) is 2.57. The van der Waals surface area contributed by atoms with E-state index in [1.165, 1.54) is 18.2 Å².